The van der Waals surface area contributed by atoms with E-state index in [-0.39, 0.29) is 11.6 Å². The highest BCUT2D eigenvalue weighted by atomic mass is 79.9. The maximum Gasteiger partial charge on any atom is 0.269 e. The van der Waals surface area contributed by atoms with E-state index in [1.165, 1.54) is 11.1 Å². The van der Waals surface area contributed by atoms with Gasteiger partial charge in [0.05, 0.1) is 16.1 Å². The molecule has 0 amide bonds. The van der Waals surface area contributed by atoms with Crippen LogP contribution in [0.3, 0.4) is 0 Å². The molecular formula is C17H14BrNOS. The van der Waals surface area contributed by atoms with Crippen LogP contribution in [0.1, 0.15) is 34.8 Å². The average molecular weight is 360 g/mol. The second kappa shape index (κ2) is 5.11. The fourth-order valence-corrected chi connectivity index (χ4v) is 4.97. The predicted molar refractivity (Wildman–Crippen MR) is 91.6 cm³/mol. The van der Waals surface area contributed by atoms with Crippen molar-refractivity contribution < 1.29 is 0 Å². The molecule has 2 nitrogen and oxygen atoms in total. The summed E-state index contributed by atoms with van der Waals surface area (Å²) < 4.78 is 3.03. The number of hydrogen-bond acceptors (Lipinski definition) is 2. The van der Waals surface area contributed by atoms with Crippen molar-refractivity contribution in [3.8, 4) is 0 Å². The molecule has 1 aromatic heterocycles. The number of fused-ring (bicyclic) bond motifs is 2. The van der Waals surface area contributed by atoms with E-state index in [0.29, 0.717) is 4.83 Å². The smallest absolute Gasteiger partial charge is 0.268 e. The monoisotopic (exact) mass is 359 g/mol. The van der Waals surface area contributed by atoms with Crippen LogP contribution in [0.4, 0.5) is 0 Å². The van der Waals surface area contributed by atoms with Gasteiger partial charge in [-0.05, 0) is 36.1 Å². The van der Waals surface area contributed by atoms with Crippen molar-refractivity contribution in [2.45, 2.75) is 23.7 Å². The molecule has 2 atom stereocenters. The predicted octanol–water partition coefficient (Wildman–Crippen LogP) is 4.88. The van der Waals surface area contributed by atoms with Gasteiger partial charge < -0.3 is 0 Å². The molecule has 1 heterocycles. The quantitative estimate of drug-likeness (QED) is 0.567. The first-order valence-electron chi connectivity index (χ1n) is 7.09. The Morgan fingerprint density at radius 2 is 1.71 bits per heavy atom. The molecule has 0 N–H and O–H groups in total. The number of aromatic nitrogens is 1. The number of hydrogen-bond donors (Lipinski definition) is 0. The van der Waals surface area contributed by atoms with Crippen molar-refractivity contribution >= 4 is 37.5 Å². The first-order chi connectivity index (χ1) is 10.3. The number of alkyl halides is 1. The van der Waals surface area contributed by atoms with E-state index in [1.54, 1.807) is 11.5 Å². The standard InChI is InChI=1S/C17H14BrNOS/c18-14-9-10-15(12-6-2-1-5-11(12)14)19-17(20)13-7-3-4-8-16(13)21-19/h1-8,14-15H,9-10H2/t14?,15-/m0/s1. The molecule has 0 radical (unpaired) electrons. The Morgan fingerprint density at radius 3 is 2.52 bits per heavy atom. The van der Waals surface area contributed by atoms with Gasteiger partial charge in [-0.2, -0.15) is 0 Å². The van der Waals surface area contributed by atoms with Crippen LogP contribution in [-0.4, -0.2) is 3.96 Å². The van der Waals surface area contributed by atoms with E-state index in [1.807, 2.05) is 28.2 Å². The van der Waals surface area contributed by atoms with Crippen molar-refractivity contribution in [2.75, 3.05) is 0 Å². The van der Waals surface area contributed by atoms with Crippen LogP contribution >= 0.6 is 27.5 Å². The molecule has 2 aromatic carbocycles. The molecule has 3 aromatic rings. The summed E-state index contributed by atoms with van der Waals surface area (Å²) in [5.74, 6) is 0. The van der Waals surface area contributed by atoms with Gasteiger partial charge in [0.2, 0.25) is 0 Å². The Hall–Kier alpha value is -1.39. The summed E-state index contributed by atoms with van der Waals surface area (Å²) in [6.45, 7) is 0. The van der Waals surface area contributed by atoms with Gasteiger partial charge in [-0.1, -0.05) is 63.9 Å². The maximum atomic E-state index is 12.7. The van der Waals surface area contributed by atoms with Crippen LogP contribution in [0.2, 0.25) is 0 Å². The number of nitrogens with zero attached hydrogens (tertiary/aromatic N) is 1. The number of benzene rings is 2. The second-order valence-corrected chi connectivity index (χ2v) is 7.53. The lowest BCUT2D eigenvalue weighted by Crippen LogP contribution is -2.24. The Bertz CT molecular complexity index is 866. The van der Waals surface area contributed by atoms with E-state index < -0.39 is 0 Å². The molecular weight excluding hydrogens is 346 g/mol. The SMILES string of the molecule is O=c1c2ccccc2sn1[C@H]1CCC(Br)c2ccccc21. The van der Waals surface area contributed by atoms with Crippen LogP contribution in [-0.2, 0) is 0 Å². The van der Waals surface area contributed by atoms with Gasteiger partial charge in [0.25, 0.3) is 5.56 Å². The molecule has 0 spiro atoms. The Kier molecular flexibility index (Phi) is 3.23. The molecule has 0 saturated carbocycles. The summed E-state index contributed by atoms with van der Waals surface area (Å²) in [5.41, 5.74) is 2.74. The summed E-state index contributed by atoms with van der Waals surface area (Å²) >= 11 is 5.34. The summed E-state index contributed by atoms with van der Waals surface area (Å²) in [6, 6.07) is 16.5. The zero-order valence-corrected chi connectivity index (χ0v) is 13.7. The van der Waals surface area contributed by atoms with Crippen molar-refractivity contribution in [3.05, 3.63) is 70.0 Å². The molecule has 21 heavy (non-hydrogen) atoms. The third-order valence-electron chi connectivity index (χ3n) is 4.18. The molecule has 1 aliphatic carbocycles. The first-order valence-corrected chi connectivity index (χ1v) is 8.78. The van der Waals surface area contributed by atoms with Crippen molar-refractivity contribution in [3.63, 3.8) is 0 Å². The van der Waals surface area contributed by atoms with Gasteiger partial charge in [0.15, 0.2) is 0 Å². The van der Waals surface area contributed by atoms with Crippen LogP contribution in [0.25, 0.3) is 10.1 Å². The van der Waals surface area contributed by atoms with Gasteiger partial charge >= 0.3 is 0 Å². The third-order valence-corrected chi connectivity index (χ3v) is 6.30. The highest BCUT2D eigenvalue weighted by molar-refractivity contribution is 9.09. The van der Waals surface area contributed by atoms with Gasteiger partial charge in [-0.25, -0.2) is 0 Å². The molecule has 0 saturated heterocycles. The lowest BCUT2D eigenvalue weighted by atomic mass is 9.88. The lowest BCUT2D eigenvalue weighted by molar-refractivity contribution is 0.507. The molecule has 1 aliphatic rings. The van der Waals surface area contributed by atoms with E-state index in [4.69, 9.17) is 0 Å². The molecule has 0 fully saturated rings. The second-order valence-electron chi connectivity index (χ2n) is 5.41. The first kappa shape index (κ1) is 13.3. The van der Waals surface area contributed by atoms with E-state index in [0.717, 1.165) is 22.9 Å². The zero-order valence-electron chi connectivity index (χ0n) is 11.3. The fraction of sp³-hybridized carbons (Fsp3) is 0.235. The molecule has 4 heteroatoms. The molecule has 0 bridgehead atoms. The largest absolute Gasteiger partial charge is 0.269 e. The Labute approximate surface area is 135 Å². The van der Waals surface area contributed by atoms with Crippen molar-refractivity contribution in [1.82, 2.24) is 3.96 Å². The highest BCUT2D eigenvalue weighted by Gasteiger charge is 2.28. The van der Waals surface area contributed by atoms with Crippen molar-refractivity contribution in [2.24, 2.45) is 0 Å². The molecule has 1 unspecified atom stereocenters. The minimum absolute atomic E-state index is 0.142. The van der Waals surface area contributed by atoms with Gasteiger partial charge in [0.1, 0.15) is 0 Å². The Morgan fingerprint density at radius 1 is 1.00 bits per heavy atom. The topological polar surface area (TPSA) is 22.0 Å². The average Bonchev–Trinajstić information content (AvgIpc) is 2.86. The lowest BCUT2D eigenvalue weighted by Gasteiger charge is -2.28. The minimum Gasteiger partial charge on any atom is -0.268 e. The normalized spacial score (nSPS) is 21.4. The van der Waals surface area contributed by atoms with Gasteiger partial charge in [0, 0.05) is 4.83 Å². The Balaban J connectivity index is 1.92. The molecule has 0 aliphatic heterocycles. The van der Waals surface area contributed by atoms with Crippen molar-refractivity contribution in [1.29, 1.82) is 0 Å². The highest BCUT2D eigenvalue weighted by Crippen LogP contribution is 2.42. The summed E-state index contributed by atoms with van der Waals surface area (Å²) in [6.07, 6.45) is 2.06. The fourth-order valence-electron chi connectivity index (χ4n) is 3.15. The van der Waals surface area contributed by atoms with Crippen LogP contribution in [0, 0.1) is 0 Å². The minimum atomic E-state index is 0.142. The van der Waals surface area contributed by atoms with Gasteiger partial charge in [-0.15, -0.1) is 0 Å². The van der Waals surface area contributed by atoms with E-state index >= 15 is 0 Å². The van der Waals surface area contributed by atoms with Crippen LogP contribution in [0.5, 0.6) is 0 Å². The third kappa shape index (κ3) is 2.09. The van der Waals surface area contributed by atoms with E-state index in [9.17, 15) is 4.79 Å². The van der Waals surface area contributed by atoms with Crippen LogP contribution in [0.15, 0.2) is 53.3 Å². The summed E-state index contributed by atoms with van der Waals surface area (Å²) in [7, 11) is 0. The van der Waals surface area contributed by atoms with Crippen LogP contribution < -0.4 is 5.56 Å². The number of halogens is 1. The summed E-state index contributed by atoms with van der Waals surface area (Å²) in [5, 5.41) is 0.834. The molecule has 106 valence electrons. The van der Waals surface area contributed by atoms with E-state index in [2.05, 4.69) is 40.2 Å². The maximum absolute atomic E-state index is 12.7. The van der Waals surface area contributed by atoms with Gasteiger partial charge in [-0.3, -0.25) is 8.75 Å². The number of rotatable bonds is 1. The molecule has 4 rings (SSSR count). The zero-order chi connectivity index (χ0) is 14.4. The summed E-state index contributed by atoms with van der Waals surface area (Å²) in [4.78, 5) is 13.1.